The summed E-state index contributed by atoms with van der Waals surface area (Å²) < 4.78 is 5.75. The summed E-state index contributed by atoms with van der Waals surface area (Å²) in [5.74, 6) is 1.23. The molecule has 1 saturated carbocycles. The van der Waals surface area contributed by atoms with Gasteiger partial charge < -0.3 is 9.84 Å². The van der Waals surface area contributed by atoms with E-state index in [2.05, 4.69) is 6.92 Å². The van der Waals surface area contributed by atoms with Crippen LogP contribution in [0.3, 0.4) is 0 Å². The van der Waals surface area contributed by atoms with Crippen molar-refractivity contribution in [3.05, 3.63) is 29.8 Å². The van der Waals surface area contributed by atoms with E-state index in [0.717, 1.165) is 37.0 Å². The maximum Gasteiger partial charge on any atom is 0.120 e. The molecule has 1 aliphatic rings. The minimum Gasteiger partial charge on any atom is -0.491 e. The van der Waals surface area contributed by atoms with Gasteiger partial charge in [0.15, 0.2) is 0 Å². The molecule has 19 heavy (non-hydrogen) atoms. The summed E-state index contributed by atoms with van der Waals surface area (Å²) in [6, 6.07) is 8.03. The normalized spacial score (nSPS) is 27.5. The SMILES string of the molecule is CCC1CCCCC1(O)c1cccc(OC(C)C)c1. The Labute approximate surface area is 116 Å². The Morgan fingerprint density at radius 2 is 2.16 bits per heavy atom. The monoisotopic (exact) mass is 262 g/mol. The molecule has 0 aromatic heterocycles. The van der Waals surface area contributed by atoms with Crippen LogP contribution in [0.1, 0.15) is 58.4 Å². The zero-order valence-electron chi connectivity index (χ0n) is 12.4. The van der Waals surface area contributed by atoms with Crippen molar-refractivity contribution in [3.8, 4) is 5.75 Å². The Kier molecular flexibility index (Phi) is 4.51. The topological polar surface area (TPSA) is 29.5 Å². The van der Waals surface area contributed by atoms with Crippen LogP contribution in [0.15, 0.2) is 24.3 Å². The van der Waals surface area contributed by atoms with E-state index in [9.17, 15) is 5.11 Å². The smallest absolute Gasteiger partial charge is 0.120 e. The molecular weight excluding hydrogens is 236 g/mol. The second-order valence-corrected chi connectivity index (χ2v) is 5.97. The Balaban J connectivity index is 2.28. The summed E-state index contributed by atoms with van der Waals surface area (Å²) in [6.45, 7) is 6.23. The van der Waals surface area contributed by atoms with Crippen molar-refractivity contribution in [3.63, 3.8) is 0 Å². The number of hydrogen-bond acceptors (Lipinski definition) is 2. The Morgan fingerprint density at radius 3 is 2.84 bits per heavy atom. The minimum atomic E-state index is -0.663. The van der Waals surface area contributed by atoms with Gasteiger partial charge in [0.25, 0.3) is 0 Å². The summed E-state index contributed by atoms with van der Waals surface area (Å²) in [4.78, 5) is 0. The first-order valence-corrected chi connectivity index (χ1v) is 7.56. The van der Waals surface area contributed by atoms with E-state index in [-0.39, 0.29) is 6.10 Å². The molecule has 0 aliphatic heterocycles. The van der Waals surface area contributed by atoms with Crippen LogP contribution in [0, 0.1) is 5.92 Å². The van der Waals surface area contributed by atoms with Crippen LogP contribution in [0.5, 0.6) is 5.75 Å². The summed E-state index contributed by atoms with van der Waals surface area (Å²) >= 11 is 0. The van der Waals surface area contributed by atoms with E-state index in [4.69, 9.17) is 4.74 Å². The summed E-state index contributed by atoms with van der Waals surface area (Å²) in [5.41, 5.74) is 0.362. The van der Waals surface area contributed by atoms with Crippen molar-refractivity contribution in [1.29, 1.82) is 0 Å². The molecule has 1 N–H and O–H groups in total. The molecule has 1 aromatic rings. The van der Waals surface area contributed by atoms with E-state index in [0.29, 0.717) is 5.92 Å². The van der Waals surface area contributed by atoms with Crippen LogP contribution in [-0.4, -0.2) is 11.2 Å². The van der Waals surface area contributed by atoms with Crippen molar-refractivity contribution < 1.29 is 9.84 Å². The van der Waals surface area contributed by atoms with Crippen LogP contribution in [-0.2, 0) is 5.60 Å². The number of ether oxygens (including phenoxy) is 1. The fourth-order valence-corrected chi connectivity index (χ4v) is 3.26. The lowest BCUT2D eigenvalue weighted by Crippen LogP contribution is -2.37. The molecule has 0 bridgehead atoms. The number of hydrogen-bond donors (Lipinski definition) is 1. The molecule has 106 valence electrons. The average Bonchev–Trinajstić information content (AvgIpc) is 2.39. The standard InChI is InChI=1S/C17H26O2/c1-4-14-8-5-6-11-17(14,18)15-9-7-10-16(12-15)19-13(2)3/h7,9-10,12-14,18H,4-6,8,11H2,1-3H3. The van der Waals surface area contributed by atoms with Gasteiger partial charge in [0.05, 0.1) is 11.7 Å². The molecule has 0 radical (unpaired) electrons. The molecule has 0 saturated heterocycles. The fourth-order valence-electron chi connectivity index (χ4n) is 3.26. The summed E-state index contributed by atoms with van der Waals surface area (Å²) in [7, 11) is 0. The minimum absolute atomic E-state index is 0.165. The first kappa shape index (κ1) is 14.4. The van der Waals surface area contributed by atoms with Crippen LogP contribution >= 0.6 is 0 Å². The number of benzene rings is 1. The first-order chi connectivity index (χ1) is 9.06. The van der Waals surface area contributed by atoms with Crippen LogP contribution < -0.4 is 4.74 Å². The Hall–Kier alpha value is -1.02. The van der Waals surface area contributed by atoms with E-state index >= 15 is 0 Å². The summed E-state index contributed by atoms with van der Waals surface area (Å²) in [5, 5.41) is 11.1. The molecule has 0 spiro atoms. The van der Waals surface area contributed by atoms with Crippen molar-refractivity contribution in [1.82, 2.24) is 0 Å². The van der Waals surface area contributed by atoms with Gasteiger partial charge in [-0.15, -0.1) is 0 Å². The lowest BCUT2D eigenvalue weighted by molar-refractivity contribution is -0.0559. The third kappa shape index (κ3) is 3.11. The molecule has 0 amide bonds. The van der Waals surface area contributed by atoms with E-state index in [1.54, 1.807) is 0 Å². The first-order valence-electron chi connectivity index (χ1n) is 7.56. The number of aliphatic hydroxyl groups is 1. The van der Waals surface area contributed by atoms with Crippen molar-refractivity contribution in [2.24, 2.45) is 5.92 Å². The molecule has 2 nitrogen and oxygen atoms in total. The second kappa shape index (κ2) is 5.96. The van der Waals surface area contributed by atoms with Gasteiger partial charge in [-0.2, -0.15) is 0 Å². The van der Waals surface area contributed by atoms with E-state index in [1.165, 1.54) is 6.42 Å². The van der Waals surface area contributed by atoms with E-state index in [1.807, 2.05) is 38.1 Å². The largest absolute Gasteiger partial charge is 0.491 e. The van der Waals surface area contributed by atoms with Gasteiger partial charge in [-0.25, -0.2) is 0 Å². The molecule has 0 heterocycles. The second-order valence-electron chi connectivity index (χ2n) is 5.97. The van der Waals surface area contributed by atoms with Crippen LogP contribution in [0.25, 0.3) is 0 Å². The van der Waals surface area contributed by atoms with Gasteiger partial charge in [0, 0.05) is 0 Å². The maximum absolute atomic E-state index is 11.1. The van der Waals surface area contributed by atoms with Crippen LogP contribution in [0.4, 0.5) is 0 Å². The van der Waals surface area contributed by atoms with Gasteiger partial charge in [0.1, 0.15) is 5.75 Å². The third-order valence-electron chi connectivity index (χ3n) is 4.23. The molecule has 2 atom stereocenters. The molecule has 1 aromatic carbocycles. The van der Waals surface area contributed by atoms with Crippen molar-refractivity contribution >= 4 is 0 Å². The Morgan fingerprint density at radius 1 is 1.37 bits per heavy atom. The van der Waals surface area contributed by atoms with Gasteiger partial charge in [-0.3, -0.25) is 0 Å². The average molecular weight is 262 g/mol. The molecule has 2 heteroatoms. The molecule has 2 rings (SSSR count). The zero-order chi connectivity index (χ0) is 13.9. The quantitative estimate of drug-likeness (QED) is 0.878. The van der Waals surface area contributed by atoms with Gasteiger partial charge in [0.2, 0.25) is 0 Å². The lowest BCUT2D eigenvalue weighted by atomic mass is 9.70. The summed E-state index contributed by atoms with van der Waals surface area (Å²) in [6.07, 6.45) is 5.55. The highest BCUT2D eigenvalue weighted by Gasteiger charge is 2.39. The highest BCUT2D eigenvalue weighted by Crippen LogP contribution is 2.43. The van der Waals surface area contributed by atoms with E-state index < -0.39 is 5.60 Å². The zero-order valence-corrected chi connectivity index (χ0v) is 12.4. The number of rotatable bonds is 4. The predicted molar refractivity (Wildman–Crippen MR) is 78.4 cm³/mol. The molecule has 1 aliphatic carbocycles. The highest BCUT2D eigenvalue weighted by atomic mass is 16.5. The van der Waals surface area contributed by atoms with Gasteiger partial charge >= 0.3 is 0 Å². The maximum atomic E-state index is 11.1. The molecular formula is C17H26O2. The van der Waals surface area contributed by atoms with Gasteiger partial charge in [-0.1, -0.05) is 38.3 Å². The highest BCUT2D eigenvalue weighted by molar-refractivity contribution is 5.33. The Bertz CT molecular complexity index is 413. The van der Waals surface area contributed by atoms with Crippen LogP contribution in [0.2, 0.25) is 0 Å². The predicted octanol–water partition coefficient (Wildman–Crippen LogP) is 4.26. The lowest BCUT2D eigenvalue weighted by Gasteiger charge is -2.40. The van der Waals surface area contributed by atoms with Crippen molar-refractivity contribution in [2.45, 2.75) is 64.6 Å². The van der Waals surface area contributed by atoms with Gasteiger partial charge in [-0.05, 0) is 50.3 Å². The molecule has 2 unspecified atom stereocenters. The fraction of sp³-hybridized carbons (Fsp3) is 0.647. The van der Waals surface area contributed by atoms with Crippen molar-refractivity contribution in [2.75, 3.05) is 0 Å². The third-order valence-corrected chi connectivity index (χ3v) is 4.23. The molecule has 1 fully saturated rings.